The van der Waals surface area contributed by atoms with Crippen LogP contribution in [-0.2, 0) is 16.1 Å². The molecule has 32 heavy (non-hydrogen) atoms. The van der Waals surface area contributed by atoms with E-state index >= 15 is 0 Å². The average Bonchev–Trinajstić information content (AvgIpc) is 2.75. The van der Waals surface area contributed by atoms with Crippen molar-refractivity contribution in [2.75, 3.05) is 37.3 Å². The monoisotopic (exact) mass is 445 g/mol. The third-order valence-corrected chi connectivity index (χ3v) is 5.19. The van der Waals surface area contributed by atoms with E-state index < -0.39 is 0 Å². The van der Waals surface area contributed by atoms with Gasteiger partial charge in [0.25, 0.3) is 0 Å². The van der Waals surface area contributed by atoms with Crippen LogP contribution >= 0.6 is 0 Å². The number of hydrogen-bond acceptors (Lipinski definition) is 8. The molecule has 9 nitrogen and oxygen atoms in total. The van der Waals surface area contributed by atoms with Crippen molar-refractivity contribution in [3.05, 3.63) is 35.9 Å². The molecular formula is C22H32FN7O2. The zero-order chi connectivity index (χ0) is 22.9. The number of likely N-dealkylation sites (tertiary alicyclic amines) is 1. The number of ether oxygens (including phenoxy) is 1. The predicted molar refractivity (Wildman–Crippen MR) is 121 cm³/mol. The van der Waals surface area contributed by atoms with Crippen molar-refractivity contribution in [3.8, 4) is 0 Å². The number of hydrogen-bond donors (Lipinski definition) is 3. The van der Waals surface area contributed by atoms with Gasteiger partial charge in [-0.05, 0) is 70.5 Å². The Labute approximate surface area is 188 Å². The lowest BCUT2D eigenvalue weighted by Crippen LogP contribution is -2.40. The van der Waals surface area contributed by atoms with Gasteiger partial charge in [-0.3, -0.25) is 9.69 Å². The molecule has 0 atom stereocenters. The van der Waals surface area contributed by atoms with Crippen molar-refractivity contribution in [2.24, 2.45) is 5.92 Å². The largest absolute Gasteiger partial charge is 0.379 e. The average molecular weight is 446 g/mol. The minimum absolute atomic E-state index is 0.0244. The first kappa shape index (κ1) is 23.8. The molecule has 0 bridgehead atoms. The Hall–Kier alpha value is -2.85. The van der Waals surface area contributed by atoms with Crippen LogP contribution < -0.4 is 16.4 Å². The predicted octanol–water partition coefficient (Wildman–Crippen LogP) is 2.48. The number of nitrogens with one attached hydrogen (secondary N) is 2. The molecule has 174 valence electrons. The van der Waals surface area contributed by atoms with E-state index in [9.17, 15) is 9.18 Å². The smallest absolute Gasteiger partial charge is 0.232 e. The van der Waals surface area contributed by atoms with Crippen LogP contribution in [0.4, 0.5) is 22.0 Å². The van der Waals surface area contributed by atoms with Gasteiger partial charge in [0.1, 0.15) is 11.6 Å². The van der Waals surface area contributed by atoms with Gasteiger partial charge in [-0.15, -0.1) is 0 Å². The van der Waals surface area contributed by atoms with Crippen LogP contribution in [0.5, 0.6) is 0 Å². The van der Waals surface area contributed by atoms with Gasteiger partial charge in [0.15, 0.2) is 0 Å². The standard InChI is InChI=1S/C22H32FN7O2/c1-15(2)32-13-3-10-25-20(31)16-8-11-30(12-9-16)14-19-27-21(24)29-22(28-19)26-18-6-4-17(23)5-7-18/h4-7,15-16H,3,8-14H2,1-2H3,(H,25,31)(H3,24,26,27,28,29). The molecule has 3 rings (SSSR count). The first-order chi connectivity index (χ1) is 15.4. The number of nitrogens with two attached hydrogens (primary N) is 1. The molecule has 0 radical (unpaired) electrons. The number of anilines is 3. The van der Waals surface area contributed by atoms with Crippen LogP contribution in [0.2, 0.25) is 0 Å². The molecule has 1 aliphatic rings. The highest BCUT2D eigenvalue weighted by molar-refractivity contribution is 5.78. The van der Waals surface area contributed by atoms with Gasteiger partial charge in [-0.25, -0.2) is 4.39 Å². The number of amides is 1. The Kier molecular flexibility index (Phi) is 8.69. The summed E-state index contributed by atoms with van der Waals surface area (Å²) in [5, 5.41) is 6.03. The maximum absolute atomic E-state index is 13.1. The number of rotatable bonds is 10. The lowest BCUT2D eigenvalue weighted by Gasteiger charge is -2.30. The Balaban J connectivity index is 1.45. The molecule has 1 fully saturated rings. The summed E-state index contributed by atoms with van der Waals surface area (Å²) < 4.78 is 18.6. The number of nitrogens with zero attached hydrogens (tertiary/aromatic N) is 4. The lowest BCUT2D eigenvalue weighted by atomic mass is 9.96. The Bertz CT molecular complexity index is 871. The summed E-state index contributed by atoms with van der Waals surface area (Å²) in [5.74, 6) is 0.810. The van der Waals surface area contributed by atoms with Gasteiger partial charge < -0.3 is 21.1 Å². The zero-order valence-electron chi connectivity index (χ0n) is 18.7. The van der Waals surface area contributed by atoms with Crippen molar-refractivity contribution >= 4 is 23.5 Å². The van der Waals surface area contributed by atoms with Crippen molar-refractivity contribution in [2.45, 2.75) is 45.8 Å². The molecule has 1 aromatic heterocycles. The normalized spacial score (nSPS) is 15.1. The third kappa shape index (κ3) is 7.69. The fraction of sp³-hybridized carbons (Fsp3) is 0.545. The van der Waals surface area contributed by atoms with Crippen LogP contribution in [0, 0.1) is 11.7 Å². The molecule has 2 aromatic rings. The lowest BCUT2D eigenvalue weighted by molar-refractivity contribution is -0.126. The second-order valence-electron chi connectivity index (χ2n) is 8.18. The summed E-state index contributed by atoms with van der Waals surface area (Å²) in [6.07, 6.45) is 2.60. The van der Waals surface area contributed by atoms with E-state index in [1.165, 1.54) is 12.1 Å². The van der Waals surface area contributed by atoms with Crippen molar-refractivity contribution in [1.29, 1.82) is 0 Å². The Morgan fingerprint density at radius 2 is 1.94 bits per heavy atom. The molecule has 0 spiro atoms. The van der Waals surface area contributed by atoms with E-state index in [-0.39, 0.29) is 29.7 Å². The Morgan fingerprint density at radius 1 is 1.22 bits per heavy atom. The van der Waals surface area contributed by atoms with Crippen LogP contribution in [0.15, 0.2) is 24.3 Å². The number of halogens is 1. The van der Waals surface area contributed by atoms with Gasteiger partial charge in [0.05, 0.1) is 12.6 Å². The number of nitrogen functional groups attached to an aromatic ring is 1. The summed E-state index contributed by atoms with van der Waals surface area (Å²) in [6.45, 7) is 7.37. The van der Waals surface area contributed by atoms with Gasteiger partial charge >= 0.3 is 0 Å². The molecule has 1 saturated heterocycles. The quantitative estimate of drug-likeness (QED) is 0.478. The van der Waals surface area contributed by atoms with Gasteiger partial charge in [-0.2, -0.15) is 15.0 Å². The van der Waals surface area contributed by atoms with Crippen LogP contribution in [0.3, 0.4) is 0 Å². The third-order valence-electron chi connectivity index (χ3n) is 5.19. The number of benzene rings is 1. The van der Waals surface area contributed by atoms with Crippen LogP contribution in [0.1, 0.15) is 38.9 Å². The van der Waals surface area contributed by atoms with Crippen LogP contribution in [0.25, 0.3) is 0 Å². The Morgan fingerprint density at radius 3 is 2.62 bits per heavy atom. The van der Waals surface area contributed by atoms with E-state index in [0.29, 0.717) is 37.2 Å². The highest BCUT2D eigenvalue weighted by Crippen LogP contribution is 2.20. The van der Waals surface area contributed by atoms with E-state index in [0.717, 1.165) is 32.4 Å². The second-order valence-corrected chi connectivity index (χ2v) is 8.18. The number of carbonyl (C=O) groups is 1. The molecule has 0 unspecified atom stereocenters. The summed E-state index contributed by atoms with van der Waals surface area (Å²) in [7, 11) is 0. The minimum atomic E-state index is -0.316. The van der Waals surface area contributed by atoms with Crippen molar-refractivity contribution in [1.82, 2.24) is 25.2 Å². The molecule has 1 amide bonds. The molecular weight excluding hydrogens is 413 g/mol. The maximum atomic E-state index is 13.1. The van der Waals surface area contributed by atoms with Gasteiger partial charge in [0, 0.05) is 24.8 Å². The fourth-order valence-corrected chi connectivity index (χ4v) is 3.53. The summed E-state index contributed by atoms with van der Waals surface area (Å²) in [5.41, 5.74) is 6.50. The van der Waals surface area contributed by atoms with Gasteiger partial charge in [-0.1, -0.05) is 0 Å². The maximum Gasteiger partial charge on any atom is 0.232 e. The van der Waals surface area contributed by atoms with E-state index in [2.05, 4.69) is 30.5 Å². The van der Waals surface area contributed by atoms with Crippen LogP contribution in [-0.4, -0.2) is 58.1 Å². The summed E-state index contributed by atoms with van der Waals surface area (Å²) >= 11 is 0. The molecule has 4 N–H and O–H groups in total. The topological polar surface area (TPSA) is 118 Å². The molecule has 0 aliphatic carbocycles. The summed E-state index contributed by atoms with van der Waals surface area (Å²) in [4.78, 5) is 27.4. The number of aromatic nitrogens is 3. The summed E-state index contributed by atoms with van der Waals surface area (Å²) in [6, 6.07) is 5.91. The number of piperidine rings is 1. The molecule has 10 heteroatoms. The molecule has 1 aliphatic heterocycles. The first-order valence-electron chi connectivity index (χ1n) is 11.0. The van der Waals surface area contributed by atoms with E-state index in [1.54, 1.807) is 12.1 Å². The molecule has 1 aromatic carbocycles. The van der Waals surface area contributed by atoms with Gasteiger partial charge in [0.2, 0.25) is 17.8 Å². The van der Waals surface area contributed by atoms with E-state index in [1.807, 2.05) is 13.8 Å². The number of carbonyl (C=O) groups excluding carboxylic acids is 1. The van der Waals surface area contributed by atoms with Crippen molar-refractivity contribution < 1.29 is 13.9 Å². The first-order valence-corrected chi connectivity index (χ1v) is 11.0. The highest BCUT2D eigenvalue weighted by atomic mass is 19.1. The van der Waals surface area contributed by atoms with Crippen molar-refractivity contribution in [3.63, 3.8) is 0 Å². The SMILES string of the molecule is CC(C)OCCCNC(=O)C1CCN(Cc2nc(N)nc(Nc3ccc(F)cc3)n2)CC1. The fourth-order valence-electron chi connectivity index (χ4n) is 3.53. The molecule has 0 saturated carbocycles. The molecule has 2 heterocycles. The van der Waals surface area contributed by atoms with E-state index in [4.69, 9.17) is 10.5 Å². The zero-order valence-corrected chi connectivity index (χ0v) is 18.7. The second kappa shape index (κ2) is 11.7. The minimum Gasteiger partial charge on any atom is -0.379 e. The highest BCUT2D eigenvalue weighted by Gasteiger charge is 2.25.